The Morgan fingerprint density at radius 2 is 1.70 bits per heavy atom. The number of fused-ring (bicyclic) bond motifs is 1. The smallest absolute Gasteiger partial charge is 0.264 e. The lowest BCUT2D eigenvalue weighted by molar-refractivity contribution is 0.0981. The van der Waals surface area contributed by atoms with E-state index in [1.165, 1.54) is 28.7 Å². The molecule has 218 valence electrons. The number of carbonyl (C=O) groups excluding carboxylic acids is 1. The molecule has 0 atom stereocenters. The third-order valence-corrected chi connectivity index (χ3v) is 6.92. The zero-order valence-electron chi connectivity index (χ0n) is 24.0. The van der Waals surface area contributed by atoms with Crippen molar-refractivity contribution in [2.75, 3.05) is 14.1 Å². The summed E-state index contributed by atoms with van der Waals surface area (Å²) in [5.74, 6) is -1.55. The Morgan fingerprint density at radius 3 is 2.47 bits per heavy atom. The second-order valence-corrected chi connectivity index (χ2v) is 10.7. The standard InChI is InChI=1S/C34H31F2N5O2/c1-40(2)20-25-9-7-24(8-10-25)17-33-38-18-27-15-23(12-14-31(27)39-33)5-3-4-6-32(42)28-19-37-22-41(34(28)43)21-26-11-13-29(35)30(36)16-26/h3,5,7-16,18-19,22H,4,6,17,20-21H2,1-2H3/b5-3+. The van der Waals surface area contributed by atoms with E-state index in [2.05, 4.69) is 39.1 Å². The Labute approximate surface area is 248 Å². The van der Waals surface area contributed by atoms with Gasteiger partial charge < -0.3 is 4.90 Å². The van der Waals surface area contributed by atoms with Gasteiger partial charge in [-0.25, -0.2) is 23.7 Å². The van der Waals surface area contributed by atoms with Crippen LogP contribution >= 0.6 is 0 Å². The minimum Gasteiger partial charge on any atom is -0.305 e. The molecule has 5 rings (SSSR count). The molecule has 0 fully saturated rings. The third kappa shape index (κ3) is 7.69. The summed E-state index contributed by atoms with van der Waals surface area (Å²) >= 11 is 0. The molecule has 0 unspecified atom stereocenters. The Bertz CT molecular complexity index is 1850. The highest BCUT2D eigenvalue weighted by Crippen LogP contribution is 2.17. The van der Waals surface area contributed by atoms with Crippen LogP contribution < -0.4 is 5.56 Å². The van der Waals surface area contributed by atoms with Gasteiger partial charge in [-0.2, -0.15) is 0 Å². The monoisotopic (exact) mass is 579 g/mol. The fourth-order valence-corrected chi connectivity index (χ4v) is 4.75. The topological polar surface area (TPSA) is 81.0 Å². The fraction of sp³-hybridized carbons (Fsp3) is 0.206. The van der Waals surface area contributed by atoms with Crippen molar-refractivity contribution in [3.63, 3.8) is 0 Å². The number of ketones is 1. The number of nitrogens with zero attached hydrogens (tertiary/aromatic N) is 5. The van der Waals surface area contributed by atoms with Crippen molar-refractivity contribution in [1.82, 2.24) is 24.4 Å². The van der Waals surface area contributed by atoms with Gasteiger partial charge in [-0.05, 0) is 67.0 Å². The van der Waals surface area contributed by atoms with Crippen LogP contribution in [-0.4, -0.2) is 44.3 Å². The van der Waals surface area contributed by atoms with Gasteiger partial charge in [0.1, 0.15) is 11.4 Å². The molecule has 2 aromatic heterocycles. The van der Waals surface area contributed by atoms with E-state index in [1.807, 2.05) is 50.6 Å². The molecule has 0 aliphatic carbocycles. The molecule has 0 radical (unpaired) electrons. The number of carbonyl (C=O) groups is 1. The maximum atomic E-state index is 13.5. The van der Waals surface area contributed by atoms with Crippen LogP contribution in [0.1, 0.15) is 51.3 Å². The lowest BCUT2D eigenvalue weighted by Gasteiger charge is -2.10. The molecule has 0 saturated carbocycles. The number of Topliss-reactive ketones (excluding diaryl/α,β-unsaturated/α-hetero) is 1. The Morgan fingerprint density at radius 1 is 0.930 bits per heavy atom. The molecule has 9 heteroatoms. The Hall–Kier alpha value is -4.89. The summed E-state index contributed by atoms with van der Waals surface area (Å²) in [5, 5.41) is 0.917. The molecular formula is C34H31F2N5O2. The number of aromatic nitrogens is 4. The molecule has 0 spiro atoms. The number of hydrogen-bond acceptors (Lipinski definition) is 6. The van der Waals surface area contributed by atoms with Crippen LogP contribution in [0.15, 0.2) is 90.3 Å². The van der Waals surface area contributed by atoms with Crippen molar-refractivity contribution in [2.45, 2.75) is 32.4 Å². The van der Waals surface area contributed by atoms with Gasteiger partial charge in [0.05, 0.1) is 18.4 Å². The third-order valence-electron chi connectivity index (χ3n) is 6.92. The van der Waals surface area contributed by atoms with Crippen LogP contribution in [0.4, 0.5) is 8.78 Å². The highest BCUT2D eigenvalue weighted by molar-refractivity contribution is 5.95. The van der Waals surface area contributed by atoms with Crippen LogP contribution in [0.5, 0.6) is 0 Å². The molecule has 2 heterocycles. The maximum absolute atomic E-state index is 13.5. The van der Waals surface area contributed by atoms with Gasteiger partial charge in [0, 0.05) is 37.2 Å². The molecule has 0 aliphatic rings. The molecule has 5 aromatic rings. The number of rotatable bonds is 11. The summed E-state index contributed by atoms with van der Waals surface area (Å²) in [6, 6.07) is 17.8. The largest absolute Gasteiger partial charge is 0.305 e. The van der Waals surface area contributed by atoms with E-state index in [-0.39, 0.29) is 24.3 Å². The fourth-order valence-electron chi connectivity index (χ4n) is 4.75. The highest BCUT2D eigenvalue weighted by Gasteiger charge is 2.13. The number of halogens is 2. The molecule has 3 aromatic carbocycles. The van der Waals surface area contributed by atoms with Crippen molar-refractivity contribution in [1.29, 1.82) is 0 Å². The van der Waals surface area contributed by atoms with Crippen molar-refractivity contribution < 1.29 is 13.6 Å². The molecule has 0 saturated heterocycles. The zero-order valence-corrected chi connectivity index (χ0v) is 24.0. The van der Waals surface area contributed by atoms with E-state index in [9.17, 15) is 18.4 Å². The van der Waals surface area contributed by atoms with Gasteiger partial charge in [0.15, 0.2) is 17.4 Å². The van der Waals surface area contributed by atoms with Crippen LogP contribution in [-0.2, 0) is 19.5 Å². The first-order valence-electron chi connectivity index (χ1n) is 13.9. The minimum atomic E-state index is -1.00. The first-order chi connectivity index (χ1) is 20.7. The predicted molar refractivity (Wildman–Crippen MR) is 163 cm³/mol. The van der Waals surface area contributed by atoms with Gasteiger partial charge in [0.2, 0.25) is 0 Å². The van der Waals surface area contributed by atoms with E-state index < -0.39 is 17.2 Å². The van der Waals surface area contributed by atoms with E-state index in [4.69, 9.17) is 4.98 Å². The predicted octanol–water partition coefficient (Wildman–Crippen LogP) is 5.84. The Balaban J connectivity index is 1.18. The molecule has 0 amide bonds. The van der Waals surface area contributed by atoms with Gasteiger partial charge in [0.25, 0.3) is 5.56 Å². The molecule has 0 bridgehead atoms. The van der Waals surface area contributed by atoms with Gasteiger partial charge in [-0.1, -0.05) is 48.6 Å². The van der Waals surface area contributed by atoms with Crippen molar-refractivity contribution in [2.24, 2.45) is 0 Å². The van der Waals surface area contributed by atoms with E-state index in [0.717, 1.165) is 46.5 Å². The lowest BCUT2D eigenvalue weighted by atomic mass is 10.1. The number of allylic oxidation sites excluding steroid dienone is 1. The first-order valence-corrected chi connectivity index (χ1v) is 13.9. The van der Waals surface area contributed by atoms with Gasteiger partial charge in [-0.15, -0.1) is 0 Å². The van der Waals surface area contributed by atoms with Gasteiger partial charge in [-0.3, -0.25) is 14.2 Å². The van der Waals surface area contributed by atoms with Crippen molar-refractivity contribution in [3.8, 4) is 0 Å². The molecule has 0 aliphatic heterocycles. The SMILES string of the molecule is CN(C)Cc1ccc(Cc2ncc3cc(/C=C/CCC(=O)c4cncn(Cc5ccc(F)c(F)c5)c4=O)ccc3n2)cc1. The molecular weight excluding hydrogens is 548 g/mol. The van der Waals surface area contributed by atoms with E-state index >= 15 is 0 Å². The molecule has 7 nitrogen and oxygen atoms in total. The van der Waals surface area contributed by atoms with E-state index in [1.54, 1.807) is 0 Å². The second-order valence-electron chi connectivity index (χ2n) is 10.7. The number of hydrogen-bond donors (Lipinski definition) is 0. The van der Waals surface area contributed by atoms with Crippen molar-refractivity contribution >= 4 is 22.8 Å². The van der Waals surface area contributed by atoms with E-state index in [0.29, 0.717) is 18.4 Å². The minimum absolute atomic E-state index is 0.0264. The van der Waals surface area contributed by atoms with Crippen LogP contribution in [0.2, 0.25) is 0 Å². The van der Waals surface area contributed by atoms with Gasteiger partial charge >= 0.3 is 0 Å². The molecule has 43 heavy (non-hydrogen) atoms. The number of benzene rings is 3. The summed E-state index contributed by atoms with van der Waals surface area (Å²) in [4.78, 5) is 41.0. The van der Waals surface area contributed by atoms with Crippen LogP contribution in [0, 0.1) is 11.6 Å². The summed E-state index contributed by atoms with van der Waals surface area (Å²) in [6.07, 6.45) is 9.35. The van der Waals surface area contributed by atoms with Crippen molar-refractivity contribution in [3.05, 3.63) is 141 Å². The Kier molecular flexibility index (Phi) is 9.22. The summed E-state index contributed by atoms with van der Waals surface area (Å²) in [6.45, 7) is 0.872. The maximum Gasteiger partial charge on any atom is 0.264 e. The summed E-state index contributed by atoms with van der Waals surface area (Å²) in [5.41, 5.74) is 4.05. The quantitative estimate of drug-likeness (QED) is 0.183. The van der Waals surface area contributed by atoms with Crippen LogP contribution in [0.3, 0.4) is 0 Å². The second kappa shape index (κ2) is 13.4. The average Bonchev–Trinajstić information content (AvgIpc) is 2.99. The highest BCUT2D eigenvalue weighted by atomic mass is 19.2. The normalized spacial score (nSPS) is 11.6. The summed E-state index contributed by atoms with van der Waals surface area (Å²) < 4.78 is 28.0. The summed E-state index contributed by atoms with van der Waals surface area (Å²) in [7, 11) is 4.10. The average molecular weight is 580 g/mol. The first kappa shape index (κ1) is 29.6. The zero-order chi connectivity index (χ0) is 30.3. The molecule has 0 N–H and O–H groups in total. The van der Waals surface area contributed by atoms with Crippen LogP contribution in [0.25, 0.3) is 17.0 Å². The lowest BCUT2D eigenvalue weighted by Crippen LogP contribution is -2.27.